The Morgan fingerprint density at radius 1 is 1.24 bits per heavy atom. The minimum absolute atomic E-state index is 0.359. The van der Waals surface area contributed by atoms with Gasteiger partial charge in [-0.1, -0.05) is 18.9 Å². The number of benzene rings is 1. The second-order valence-electron chi connectivity index (χ2n) is 5.30. The first-order valence-corrected chi connectivity index (χ1v) is 10.4. The molecular weight excluding hydrogens is 304 g/mol. The number of unbranched alkanes of at least 4 members (excludes halogenated alkanes) is 3. The van der Waals surface area contributed by atoms with Crippen LogP contribution in [0.15, 0.2) is 23.1 Å². The zero-order valence-corrected chi connectivity index (χ0v) is 14.2. The molecule has 1 aromatic rings. The highest BCUT2D eigenvalue weighted by Gasteiger charge is 2.17. The van der Waals surface area contributed by atoms with Crippen LogP contribution in [-0.4, -0.2) is 33.5 Å². The van der Waals surface area contributed by atoms with E-state index in [9.17, 15) is 8.42 Å². The zero-order valence-electron chi connectivity index (χ0n) is 12.5. The van der Waals surface area contributed by atoms with E-state index >= 15 is 0 Å². The zero-order chi connectivity index (χ0) is 15.1. The molecule has 0 amide bonds. The Hall–Kier alpha value is -0.720. The Labute approximate surface area is 132 Å². The standard InChI is InChI=1S/C15H24N2O2S2/c1-20-11-5-3-2-4-9-17-21(18,19)14-7-6-13-8-10-16-15(13)12-14/h6-7,12,16-17H,2-5,8-11H2,1H3. The van der Waals surface area contributed by atoms with Crippen molar-refractivity contribution in [1.29, 1.82) is 0 Å². The highest BCUT2D eigenvalue weighted by molar-refractivity contribution is 7.98. The van der Waals surface area contributed by atoms with Gasteiger partial charge in [0.1, 0.15) is 0 Å². The molecule has 1 aromatic carbocycles. The summed E-state index contributed by atoms with van der Waals surface area (Å²) in [6.07, 6.45) is 7.44. The summed E-state index contributed by atoms with van der Waals surface area (Å²) >= 11 is 1.86. The van der Waals surface area contributed by atoms with E-state index in [-0.39, 0.29) is 0 Å². The van der Waals surface area contributed by atoms with Crippen molar-refractivity contribution in [3.63, 3.8) is 0 Å². The molecule has 0 unspecified atom stereocenters. The fraction of sp³-hybridized carbons (Fsp3) is 0.600. The number of nitrogens with one attached hydrogen (secondary N) is 2. The van der Waals surface area contributed by atoms with E-state index in [4.69, 9.17) is 0 Å². The molecule has 2 rings (SSSR count). The van der Waals surface area contributed by atoms with Gasteiger partial charge in [0.2, 0.25) is 10.0 Å². The van der Waals surface area contributed by atoms with E-state index in [1.165, 1.54) is 24.2 Å². The first-order valence-electron chi connectivity index (χ1n) is 7.49. The molecule has 1 aliphatic rings. The number of sulfonamides is 1. The summed E-state index contributed by atoms with van der Waals surface area (Å²) in [5.74, 6) is 1.19. The molecule has 0 aliphatic carbocycles. The molecule has 0 radical (unpaired) electrons. The topological polar surface area (TPSA) is 58.2 Å². The first-order chi connectivity index (χ1) is 10.1. The average Bonchev–Trinajstić information content (AvgIpc) is 2.93. The van der Waals surface area contributed by atoms with Gasteiger partial charge in [0.05, 0.1) is 4.90 Å². The van der Waals surface area contributed by atoms with Crippen LogP contribution in [0.1, 0.15) is 31.2 Å². The van der Waals surface area contributed by atoms with E-state index < -0.39 is 10.0 Å². The van der Waals surface area contributed by atoms with Gasteiger partial charge in [-0.25, -0.2) is 13.1 Å². The third kappa shape index (κ3) is 4.90. The van der Waals surface area contributed by atoms with Gasteiger partial charge in [-0.3, -0.25) is 0 Å². The minimum atomic E-state index is -3.37. The summed E-state index contributed by atoms with van der Waals surface area (Å²) in [7, 11) is -3.37. The van der Waals surface area contributed by atoms with E-state index in [0.717, 1.165) is 31.5 Å². The van der Waals surface area contributed by atoms with E-state index in [1.54, 1.807) is 12.1 Å². The SMILES string of the molecule is CSCCCCCCNS(=O)(=O)c1ccc2c(c1)NCC2. The van der Waals surface area contributed by atoms with Gasteiger partial charge in [-0.05, 0) is 49.0 Å². The van der Waals surface area contributed by atoms with Crippen LogP contribution in [0.3, 0.4) is 0 Å². The Balaban J connectivity index is 1.79. The van der Waals surface area contributed by atoms with Crippen molar-refractivity contribution in [3.05, 3.63) is 23.8 Å². The maximum Gasteiger partial charge on any atom is 0.240 e. The van der Waals surface area contributed by atoms with Gasteiger partial charge in [0.25, 0.3) is 0 Å². The van der Waals surface area contributed by atoms with Crippen LogP contribution >= 0.6 is 11.8 Å². The Morgan fingerprint density at radius 2 is 2.05 bits per heavy atom. The summed E-state index contributed by atoms with van der Waals surface area (Å²) < 4.78 is 27.1. The molecule has 0 spiro atoms. The van der Waals surface area contributed by atoms with E-state index in [0.29, 0.717) is 11.4 Å². The number of rotatable bonds is 9. The van der Waals surface area contributed by atoms with Crippen molar-refractivity contribution in [2.75, 3.05) is 30.4 Å². The van der Waals surface area contributed by atoms with Gasteiger partial charge in [0.15, 0.2) is 0 Å². The van der Waals surface area contributed by atoms with Crippen LogP contribution in [0.25, 0.3) is 0 Å². The molecule has 0 atom stereocenters. The molecule has 1 heterocycles. The third-order valence-electron chi connectivity index (χ3n) is 3.67. The van der Waals surface area contributed by atoms with Crippen LogP contribution in [-0.2, 0) is 16.4 Å². The van der Waals surface area contributed by atoms with E-state index in [2.05, 4.69) is 16.3 Å². The molecule has 0 saturated carbocycles. The Morgan fingerprint density at radius 3 is 2.86 bits per heavy atom. The number of hydrogen-bond acceptors (Lipinski definition) is 4. The van der Waals surface area contributed by atoms with Gasteiger partial charge in [0, 0.05) is 18.8 Å². The Bertz CT molecular complexity index is 559. The number of fused-ring (bicyclic) bond motifs is 1. The molecule has 0 fully saturated rings. The predicted molar refractivity (Wildman–Crippen MR) is 90.7 cm³/mol. The van der Waals surface area contributed by atoms with Crippen LogP contribution in [0, 0.1) is 0 Å². The number of thioether (sulfide) groups is 1. The fourth-order valence-corrected chi connectivity index (χ4v) is 4.04. The Kier molecular flexibility index (Phi) is 6.39. The van der Waals surface area contributed by atoms with Gasteiger partial charge in [-0.15, -0.1) is 0 Å². The van der Waals surface area contributed by atoms with E-state index in [1.807, 2.05) is 17.8 Å². The second kappa shape index (κ2) is 8.06. The molecule has 0 bridgehead atoms. The summed E-state index contributed by atoms with van der Waals surface area (Å²) in [5, 5.41) is 3.21. The molecule has 0 aromatic heterocycles. The van der Waals surface area contributed by atoms with Crippen LogP contribution < -0.4 is 10.0 Å². The quantitative estimate of drug-likeness (QED) is 0.684. The molecule has 6 heteroatoms. The average molecular weight is 329 g/mol. The van der Waals surface area contributed by atoms with Gasteiger partial charge in [-0.2, -0.15) is 11.8 Å². The predicted octanol–water partition coefficient (Wildman–Crippen LogP) is 2.86. The lowest BCUT2D eigenvalue weighted by Crippen LogP contribution is -2.24. The second-order valence-corrected chi connectivity index (χ2v) is 8.05. The molecule has 1 aliphatic heterocycles. The molecule has 2 N–H and O–H groups in total. The van der Waals surface area contributed by atoms with Crippen molar-refractivity contribution in [2.45, 2.75) is 37.0 Å². The maximum atomic E-state index is 12.2. The maximum absolute atomic E-state index is 12.2. The van der Waals surface area contributed by atoms with Crippen LogP contribution in [0.2, 0.25) is 0 Å². The summed E-state index contributed by atoms with van der Waals surface area (Å²) in [6, 6.07) is 5.35. The normalized spacial score (nSPS) is 14.0. The lowest BCUT2D eigenvalue weighted by Gasteiger charge is -2.08. The lowest BCUT2D eigenvalue weighted by molar-refractivity contribution is 0.574. The largest absolute Gasteiger partial charge is 0.384 e. The molecule has 4 nitrogen and oxygen atoms in total. The third-order valence-corrected chi connectivity index (χ3v) is 5.82. The molecule has 0 saturated heterocycles. The highest BCUT2D eigenvalue weighted by atomic mass is 32.2. The van der Waals surface area contributed by atoms with Crippen LogP contribution in [0.4, 0.5) is 5.69 Å². The monoisotopic (exact) mass is 328 g/mol. The number of anilines is 1. The van der Waals surface area contributed by atoms with Crippen LogP contribution in [0.5, 0.6) is 0 Å². The first kappa shape index (κ1) is 16.6. The van der Waals surface area contributed by atoms with Gasteiger partial charge >= 0.3 is 0 Å². The fourth-order valence-electron chi connectivity index (χ4n) is 2.45. The minimum Gasteiger partial charge on any atom is -0.384 e. The smallest absolute Gasteiger partial charge is 0.240 e. The highest BCUT2D eigenvalue weighted by Crippen LogP contribution is 2.25. The van der Waals surface area contributed by atoms with Crippen molar-refractivity contribution in [1.82, 2.24) is 4.72 Å². The molecule has 21 heavy (non-hydrogen) atoms. The number of hydrogen-bond donors (Lipinski definition) is 2. The summed E-state index contributed by atoms with van der Waals surface area (Å²) in [6.45, 7) is 1.41. The van der Waals surface area contributed by atoms with Crippen molar-refractivity contribution >= 4 is 27.5 Å². The molecular formula is C15H24N2O2S2. The van der Waals surface area contributed by atoms with Crippen molar-refractivity contribution < 1.29 is 8.42 Å². The van der Waals surface area contributed by atoms with Crippen molar-refractivity contribution in [3.8, 4) is 0 Å². The van der Waals surface area contributed by atoms with Crippen molar-refractivity contribution in [2.24, 2.45) is 0 Å². The lowest BCUT2D eigenvalue weighted by atomic mass is 10.2. The van der Waals surface area contributed by atoms with Gasteiger partial charge < -0.3 is 5.32 Å². The molecule has 118 valence electrons. The summed E-state index contributed by atoms with van der Waals surface area (Å²) in [5.41, 5.74) is 2.15. The summed E-state index contributed by atoms with van der Waals surface area (Å²) in [4.78, 5) is 0.359.